The average Bonchev–Trinajstić information content (AvgIpc) is 2.70. The maximum absolute atomic E-state index is 12.4. The van der Waals surface area contributed by atoms with Gasteiger partial charge in [0.2, 0.25) is 0 Å². The third kappa shape index (κ3) is 3.53. The summed E-state index contributed by atoms with van der Waals surface area (Å²) >= 11 is 3.48. The largest absolute Gasteiger partial charge is 0.358 e. The van der Waals surface area contributed by atoms with E-state index in [1.807, 2.05) is 20.8 Å². The van der Waals surface area contributed by atoms with E-state index in [1.165, 1.54) is 0 Å². The maximum Gasteiger partial charge on any atom is 0.358 e. The zero-order valence-electron chi connectivity index (χ0n) is 9.32. The van der Waals surface area contributed by atoms with Crippen LogP contribution in [0.25, 0.3) is 0 Å². The van der Waals surface area contributed by atoms with Gasteiger partial charge in [0.1, 0.15) is 0 Å². The number of hydrogen-bond acceptors (Lipinski definition) is 5. The molecular formula is C9H17O3PS2. The fourth-order valence-electron chi connectivity index (χ4n) is 1.20. The summed E-state index contributed by atoms with van der Waals surface area (Å²) in [6, 6.07) is 0. The molecule has 0 unspecified atom stereocenters. The van der Waals surface area contributed by atoms with Gasteiger partial charge in [0.25, 0.3) is 0 Å². The summed E-state index contributed by atoms with van der Waals surface area (Å²) in [6.45, 7) is 6.35. The Morgan fingerprint density at radius 3 is 2.13 bits per heavy atom. The van der Waals surface area contributed by atoms with E-state index in [1.54, 1.807) is 23.5 Å². The SMILES string of the molecule is CCOP(=O)(OCC)C(C)=C1SCCS1. The molecule has 0 aliphatic carbocycles. The lowest BCUT2D eigenvalue weighted by atomic mass is 10.7. The van der Waals surface area contributed by atoms with Gasteiger partial charge in [-0.2, -0.15) is 0 Å². The van der Waals surface area contributed by atoms with E-state index in [0.29, 0.717) is 13.2 Å². The molecule has 1 rings (SSSR count). The number of allylic oxidation sites excluding steroid dienone is 1. The summed E-state index contributed by atoms with van der Waals surface area (Å²) in [7, 11) is -3.02. The summed E-state index contributed by atoms with van der Waals surface area (Å²) < 4.78 is 24.1. The van der Waals surface area contributed by atoms with Gasteiger partial charge in [-0.05, 0) is 20.8 Å². The Kier molecular flexibility index (Phi) is 5.79. The van der Waals surface area contributed by atoms with Crippen molar-refractivity contribution < 1.29 is 13.6 Å². The van der Waals surface area contributed by atoms with Crippen molar-refractivity contribution in [1.29, 1.82) is 0 Å². The molecule has 0 bridgehead atoms. The van der Waals surface area contributed by atoms with Crippen LogP contribution < -0.4 is 0 Å². The molecule has 1 heterocycles. The van der Waals surface area contributed by atoms with Crippen molar-refractivity contribution in [3.05, 3.63) is 9.55 Å². The summed E-state index contributed by atoms with van der Waals surface area (Å²) in [5.41, 5.74) is 0. The first-order valence-electron chi connectivity index (χ1n) is 5.00. The monoisotopic (exact) mass is 268 g/mol. The molecule has 0 atom stereocenters. The molecule has 0 radical (unpaired) electrons. The van der Waals surface area contributed by atoms with E-state index in [0.717, 1.165) is 21.1 Å². The highest BCUT2D eigenvalue weighted by Crippen LogP contribution is 2.60. The molecule has 1 aliphatic heterocycles. The van der Waals surface area contributed by atoms with Gasteiger partial charge in [-0.3, -0.25) is 4.57 Å². The Labute approximate surface area is 99.9 Å². The molecule has 0 amide bonds. The van der Waals surface area contributed by atoms with Gasteiger partial charge in [-0.25, -0.2) is 0 Å². The lowest BCUT2D eigenvalue weighted by Gasteiger charge is -2.18. The lowest BCUT2D eigenvalue weighted by Crippen LogP contribution is -1.97. The van der Waals surface area contributed by atoms with Crippen LogP contribution in [0.15, 0.2) is 9.55 Å². The smallest absolute Gasteiger partial charge is 0.306 e. The second-order valence-corrected chi connectivity index (χ2v) is 7.55. The van der Waals surface area contributed by atoms with Crippen LogP contribution in [-0.4, -0.2) is 24.7 Å². The Balaban J connectivity index is 2.87. The summed E-state index contributed by atoms with van der Waals surface area (Å²) in [5.74, 6) is 2.16. The Hall–Kier alpha value is 0.590. The van der Waals surface area contributed by atoms with Crippen LogP contribution >= 0.6 is 31.1 Å². The number of hydrogen-bond donors (Lipinski definition) is 0. The molecule has 0 N–H and O–H groups in total. The molecule has 1 fully saturated rings. The molecule has 0 spiro atoms. The highest BCUT2D eigenvalue weighted by atomic mass is 32.2. The summed E-state index contributed by atoms with van der Waals surface area (Å²) in [4.78, 5) is 0. The molecule has 0 aromatic carbocycles. The third-order valence-corrected chi connectivity index (χ3v) is 7.32. The summed E-state index contributed by atoms with van der Waals surface area (Å²) in [5, 5.41) is 0.777. The fraction of sp³-hybridized carbons (Fsp3) is 0.778. The topological polar surface area (TPSA) is 35.5 Å². The van der Waals surface area contributed by atoms with E-state index in [9.17, 15) is 4.57 Å². The van der Waals surface area contributed by atoms with Gasteiger partial charge in [0, 0.05) is 11.5 Å². The van der Waals surface area contributed by atoms with Crippen LogP contribution in [0.4, 0.5) is 0 Å². The van der Waals surface area contributed by atoms with Crippen molar-refractivity contribution >= 4 is 31.1 Å². The van der Waals surface area contributed by atoms with Gasteiger partial charge in [0.15, 0.2) is 0 Å². The van der Waals surface area contributed by atoms with Crippen molar-refractivity contribution in [1.82, 2.24) is 0 Å². The molecule has 0 aromatic heterocycles. The van der Waals surface area contributed by atoms with Crippen LogP contribution in [0.2, 0.25) is 0 Å². The van der Waals surface area contributed by atoms with Crippen molar-refractivity contribution in [2.75, 3.05) is 24.7 Å². The van der Waals surface area contributed by atoms with Gasteiger partial charge >= 0.3 is 7.60 Å². The van der Waals surface area contributed by atoms with Gasteiger partial charge in [-0.15, -0.1) is 23.5 Å². The zero-order valence-corrected chi connectivity index (χ0v) is 11.8. The maximum atomic E-state index is 12.4. The normalized spacial score (nSPS) is 17.1. The predicted octanol–water partition coefficient (Wildman–Crippen LogP) is 3.92. The highest BCUT2D eigenvalue weighted by molar-refractivity contribution is 8.25. The van der Waals surface area contributed by atoms with E-state index < -0.39 is 7.60 Å². The van der Waals surface area contributed by atoms with Crippen molar-refractivity contribution in [2.45, 2.75) is 20.8 Å². The Morgan fingerprint density at radius 1 is 1.27 bits per heavy atom. The quantitative estimate of drug-likeness (QED) is 0.706. The molecule has 6 heteroatoms. The Bertz CT molecular complexity index is 273. The zero-order chi connectivity index (χ0) is 11.3. The second-order valence-electron chi connectivity index (χ2n) is 2.90. The van der Waals surface area contributed by atoms with Crippen LogP contribution in [-0.2, 0) is 13.6 Å². The number of rotatable bonds is 5. The van der Waals surface area contributed by atoms with E-state index in [4.69, 9.17) is 9.05 Å². The minimum atomic E-state index is -3.02. The highest BCUT2D eigenvalue weighted by Gasteiger charge is 2.30. The first-order valence-corrected chi connectivity index (χ1v) is 8.51. The van der Waals surface area contributed by atoms with Crippen molar-refractivity contribution in [3.8, 4) is 0 Å². The molecule has 1 aliphatic rings. The Morgan fingerprint density at radius 2 is 1.73 bits per heavy atom. The molecule has 0 saturated carbocycles. The molecule has 15 heavy (non-hydrogen) atoms. The molecule has 0 aromatic rings. The minimum absolute atomic E-state index is 0.414. The second kappa shape index (κ2) is 6.36. The van der Waals surface area contributed by atoms with E-state index in [2.05, 4.69) is 0 Å². The standard InChI is InChI=1S/C9H17O3PS2/c1-4-11-13(10,12-5-2)8(3)9-14-6-7-15-9/h4-7H2,1-3H3. The molecule has 3 nitrogen and oxygen atoms in total. The first-order chi connectivity index (χ1) is 7.14. The van der Waals surface area contributed by atoms with Crippen LogP contribution in [0.3, 0.4) is 0 Å². The van der Waals surface area contributed by atoms with Crippen LogP contribution in [0.1, 0.15) is 20.8 Å². The number of thioether (sulfide) groups is 2. The van der Waals surface area contributed by atoms with E-state index in [-0.39, 0.29) is 0 Å². The first kappa shape index (κ1) is 13.7. The van der Waals surface area contributed by atoms with Crippen LogP contribution in [0, 0.1) is 0 Å². The minimum Gasteiger partial charge on any atom is -0.306 e. The van der Waals surface area contributed by atoms with Crippen LogP contribution in [0.5, 0.6) is 0 Å². The molecule has 1 saturated heterocycles. The summed E-state index contributed by atoms with van der Waals surface area (Å²) in [6.07, 6.45) is 0. The predicted molar refractivity (Wildman–Crippen MR) is 68.5 cm³/mol. The van der Waals surface area contributed by atoms with Gasteiger partial charge in [0.05, 0.1) is 22.8 Å². The van der Waals surface area contributed by atoms with E-state index >= 15 is 0 Å². The van der Waals surface area contributed by atoms with Crippen molar-refractivity contribution in [3.63, 3.8) is 0 Å². The third-order valence-electron chi connectivity index (χ3n) is 1.85. The average molecular weight is 268 g/mol. The molecular weight excluding hydrogens is 251 g/mol. The lowest BCUT2D eigenvalue weighted by molar-refractivity contribution is 0.226. The van der Waals surface area contributed by atoms with Gasteiger partial charge in [-0.1, -0.05) is 0 Å². The van der Waals surface area contributed by atoms with Crippen molar-refractivity contribution in [2.24, 2.45) is 0 Å². The fourth-order valence-corrected chi connectivity index (χ4v) is 5.91. The molecule has 88 valence electrons. The van der Waals surface area contributed by atoms with Gasteiger partial charge < -0.3 is 9.05 Å².